The van der Waals surface area contributed by atoms with Crippen LogP contribution in [0.2, 0.25) is 0 Å². The van der Waals surface area contributed by atoms with Crippen molar-refractivity contribution in [3.63, 3.8) is 0 Å². The fraction of sp³-hybridized carbons (Fsp3) is 0.538. The molecule has 2 aromatic rings. The van der Waals surface area contributed by atoms with Crippen LogP contribution < -0.4 is 0 Å². The van der Waals surface area contributed by atoms with Crippen molar-refractivity contribution in [2.75, 3.05) is 59.5 Å². The van der Waals surface area contributed by atoms with Gasteiger partial charge in [-0.25, -0.2) is 0 Å². The van der Waals surface area contributed by atoms with Gasteiger partial charge in [-0.3, -0.25) is 14.7 Å². The van der Waals surface area contributed by atoms with Gasteiger partial charge in [0, 0.05) is 38.6 Å². The molecule has 0 radical (unpaired) electrons. The number of carbonyl (C=O) groups is 1. The van der Waals surface area contributed by atoms with Gasteiger partial charge in [0.2, 0.25) is 5.91 Å². The number of hydrogen-bond donors (Lipinski definition) is 0. The van der Waals surface area contributed by atoms with Crippen LogP contribution in [0.15, 0.2) is 54.9 Å². The summed E-state index contributed by atoms with van der Waals surface area (Å²) in [5, 5.41) is 0. The van der Waals surface area contributed by atoms with Crippen LogP contribution in [0.1, 0.15) is 30.0 Å². The third-order valence-corrected chi connectivity index (χ3v) is 6.79. The fourth-order valence-corrected chi connectivity index (χ4v) is 4.81. The first-order valence-corrected chi connectivity index (χ1v) is 11.9. The Morgan fingerprint density at radius 3 is 2.53 bits per heavy atom. The first-order valence-electron chi connectivity index (χ1n) is 11.9. The van der Waals surface area contributed by atoms with Crippen molar-refractivity contribution < 1.29 is 9.53 Å². The number of pyridine rings is 1. The maximum Gasteiger partial charge on any atom is 0.244 e. The van der Waals surface area contributed by atoms with E-state index in [1.165, 1.54) is 5.56 Å². The molecule has 0 aliphatic carbocycles. The summed E-state index contributed by atoms with van der Waals surface area (Å²) in [4.78, 5) is 25.2. The van der Waals surface area contributed by atoms with Crippen molar-refractivity contribution in [3.05, 3.63) is 66.0 Å². The lowest BCUT2D eigenvalue weighted by molar-refractivity contribution is -0.140. The minimum atomic E-state index is -0.297. The lowest BCUT2D eigenvalue weighted by Gasteiger charge is -2.39. The van der Waals surface area contributed by atoms with Crippen LogP contribution in [0, 0.1) is 5.92 Å². The van der Waals surface area contributed by atoms with Crippen LogP contribution in [-0.4, -0.2) is 85.1 Å². The van der Waals surface area contributed by atoms with Gasteiger partial charge < -0.3 is 14.5 Å². The van der Waals surface area contributed by atoms with Crippen molar-refractivity contribution in [1.29, 1.82) is 0 Å². The molecule has 4 rings (SSSR count). The van der Waals surface area contributed by atoms with Crippen molar-refractivity contribution >= 4 is 5.91 Å². The maximum absolute atomic E-state index is 14.1. The van der Waals surface area contributed by atoms with Crippen LogP contribution in [0.4, 0.5) is 0 Å². The van der Waals surface area contributed by atoms with E-state index in [1.54, 1.807) is 6.20 Å². The largest absolute Gasteiger partial charge is 0.379 e. The molecule has 2 saturated heterocycles. The van der Waals surface area contributed by atoms with Gasteiger partial charge in [-0.1, -0.05) is 36.4 Å². The number of amides is 1. The molecule has 2 aliphatic rings. The van der Waals surface area contributed by atoms with Gasteiger partial charge >= 0.3 is 0 Å². The molecular formula is C26H36N4O2. The SMILES string of the molecule is CN1CCC(CN(CCc2ccccc2)C(=O)[C@@H](c2cccnc2)N2CCOCC2)CC1. The van der Waals surface area contributed by atoms with Crippen molar-refractivity contribution in [3.8, 4) is 0 Å². The molecule has 2 fully saturated rings. The molecule has 0 saturated carbocycles. The second-order valence-electron chi connectivity index (χ2n) is 9.10. The monoisotopic (exact) mass is 436 g/mol. The highest BCUT2D eigenvalue weighted by Crippen LogP contribution is 2.26. The van der Waals surface area contributed by atoms with E-state index < -0.39 is 0 Å². The van der Waals surface area contributed by atoms with Gasteiger partial charge in [-0.05, 0) is 62.5 Å². The third-order valence-electron chi connectivity index (χ3n) is 6.79. The van der Waals surface area contributed by atoms with Gasteiger partial charge in [0.15, 0.2) is 0 Å². The highest BCUT2D eigenvalue weighted by Gasteiger charge is 2.33. The Hall–Kier alpha value is -2.28. The Labute approximate surface area is 192 Å². The van der Waals surface area contributed by atoms with E-state index in [4.69, 9.17) is 4.74 Å². The molecule has 1 atom stereocenters. The molecule has 6 heteroatoms. The van der Waals surface area contributed by atoms with Gasteiger partial charge in [0.05, 0.1) is 13.2 Å². The standard InChI is InChI=1S/C26H36N4O2/c1-28-13-9-23(10-14-28)21-30(15-11-22-6-3-2-4-7-22)26(31)25(24-8-5-12-27-20-24)29-16-18-32-19-17-29/h2-8,12,20,23,25H,9-11,13-19,21H2,1H3/t25-/m1/s1. The summed E-state index contributed by atoms with van der Waals surface area (Å²) < 4.78 is 5.58. The normalized spacial score (nSPS) is 19.5. The number of aromatic nitrogens is 1. The topological polar surface area (TPSA) is 48.9 Å². The third kappa shape index (κ3) is 6.15. The van der Waals surface area contributed by atoms with Gasteiger partial charge in [-0.2, -0.15) is 0 Å². The van der Waals surface area contributed by atoms with Crippen LogP contribution in [-0.2, 0) is 16.0 Å². The second kappa shape index (κ2) is 11.5. The van der Waals surface area contributed by atoms with E-state index in [0.717, 1.165) is 64.1 Å². The highest BCUT2D eigenvalue weighted by molar-refractivity contribution is 5.83. The number of nitrogens with zero attached hydrogens (tertiary/aromatic N) is 4. The van der Waals surface area contributed by atoms with E-state index in [2.05, 4.69) is 51.0 Å². The number of benzene rings is 1. The smallest absolute Gasteiger partial charge is 0.244 e. The number of hydrogen-bond acceptors (Lipinski definition) is 5. The summed E-state index contributed by atoms with van der Waals surface area (Å²) in [6.45, 7) is 6.68. The quantitative estimate of drug-likeness (QED) is 0.637. The number of piperidine rings is 1. The van der Waals surface area contributed by atoms with Gasteiger partial charge in [0.25, 0.3) is 0 Å². The van der Waals surface area contributed by atoms with E-state index in [-0.39, 0.29) is 11.9 Å². The lowest BCUT2D eigenvalue weighted by Crippen LogP contribution is -2.49. The Morgan fingerprint density at radius 2 is 1.84 bits per heavy atom. The molecular weight excluding hydrogens is 400 g/mol. The Bertz CT molecular complexity index is 818. The lowest BCUT2D eigenvalue weighted by atomic mass is 9.95. The molecule has 1 aromatic carbocycles. The number of ether oxygens (including phenoxy) is 1. The number of morpholine rings is 1. The first-order chi connectivity index (χ1) is 15.7. The van der Waals surface area contributed by atoms with Gasteiger partial charge in [-0.15, -0.1) is 0 Å². The van der Waals surface area contributed by atoms with Crippen molar-refractivity contribution in [2.24, 2.45) is 5.92 Å². The minimum Gasteiger partial charge on any atom is -0.379 e. The zero-order valence-electron chi connectivity index (χ0n) is 19.2. The molecule has 172 valence electrons. The second-order valence-corrected chi connectivity index (χ2v) is 9.10. The van der Waals surface area contributed by atoms with E-state index in [1.807, 2.05) is 24.4 Å². The van der Waals surface area contributed by atoms with Crippen molar-refractivity contribution in [1.82, 2.24) is 19.7 Å². The van der Waals surface area contributed by atoms with E-state index in [9.17, 15) is 4.79 Å². The molecule has 1 aromatic heterocycles. The molecule has 3 heterocycles. The molecule has 0 bridgehead atoms. The predicted octanol–water partition coefficient (Wildman–Crippen LogP) is 2.87. The van der Waals surface area contributed by atoms with E-state index in [0.29, 0.717) is 19.1 Å². The summed E-state index contributed by atoms with van der Waals surface area (Å²) >= 11 is 0. The van der Waals surface area contributed by atoms with Gasteiger partial charge in [0.1, 0.15) is 6.04 Å². The Morgan fingerprint density at radius 1 is 1.09 bits per heavy atom. The van der Waals surface area contributed by atoms with Crippen LogP contribution in [0.3, 0.4) is 0 Å². The number of rotatable bonds is 8. The Kier molecular flexibility index (Phi) is 8.26. The van der Waals surface area contributed by atoms with E-state index >= 15 is 0 Å². The number of likely N-dealkylation sites (tertiary alicyclic amines) is 1. The number of carbonyl (C=O) groups excluding carboxylic acids is 1. The summed E-state index contributed by atoms with van der Waals surface area (Å²) in [6.07, 6.45) is 6.81. The Balaban J connectivity index is 1.55. The summed E-state index contributed by atoms with van der Waals surface area (Å²) in [5.74, 6) is 0.764. The minimum absolute atomic E-state index is 0.203. The average molecular weight is 437 g/mol. The molecule has 2 aliphatic heterocycles. The molecule has 0 unspecified atom stereocenters. The average Bonchev–Trinajstić information content (AvgIpc) is 2.85. The summed E-state index contributed by atoms with van der Waals surface area (Å²) in [6, 6.07) is 14.2. The fourth-order valence-electron chi connectivity index (χ4n) is 4.81. The molecule has 1 amide bonds. The molecule has 0 spiro atoms. The van der Waals surface area contributed by atoms with Crippen LogP contribution >= 0.6 is 0 Å². The molecule has 32 heavy (non-hydrogen) atoms. The van der Waals surface area contributed by atoms with Crippen LogP contribution in [0.25, 0.3) is 0 Å². The predicted molar refractivity (Wildman–Crippen MR) is 126 cm³/mol. The zero-order valence-corrected chi connectivity index (χ0v) is 19.2. The highest BCUT2D eigenvalue weighted by atomic mass is 16.5. The molecule has 6 nitrogen and oxygen atoms in total. The maximum atomic E-state index is 14.1. The van der Waals surface area contributed by atoms with Crippen LogP contribution in [0.5, 0.6) is 0 Å². The molecule has 0 N–H and O–H groups in total. The first kappa shape index (κ1) is 22.9. The van der Waals surface area contributed by atoms with Crippen molar-refractivity contribution in [2.45, 2.75) is 25.3 Å². The summed E-state index contributed by atoms with van der Waals surface area (Å²) in [7, 11) is 2.19. The summed E-state index contributed by atoms with van der Waals surface area (Å²) in [5.41, 5.74) is 2.26. The zero-order chi connectivity index (χ0) is 22.2.